The molecule has 1 saturated heterocycles. The molecule has 2 amide bonds. The largest absolute Gasteiger partial charge is 0.479 e. The average molecular weight is 256 g/mol. The molecular weight excluding hydrogens is 236 g/mol. The quantitative estimate of drug-likeness (QED) is 0.763. The Labute approximate surface area is 106 Å². The van der Waals surface area contributed by atoms with Gasteiger partial charge in [-0.1, -0.05) is 6.92 Å². The standard InChI is InChI=1S/C12H20N2O4/c1-2-6-14(9-3-4-9)11(17)13-12(10(15)16)5-7-18-8-12/h9H,2-8H2,1H3,(H,13,17)(H,15,16). The third kappa shape index (κ3) is 2.58. The molecule has 2 fully saturated rings. The summed E-state index contributed by atoms with van der Waals surface area (Å²) in [5, 5.41) is 11.9. The van der Waals surface area contributed by atoms with Crippen LogP contribution >= 0.6 is 0 Å². The van der Waals surface area contributed by atoms with Gasteiger partial charge in [-0.2, -0.15) is 0 Å². The minimum Gasteiger partial charge on any atom is -0.479 e. The van der Waals surface area contributed by atoms with Crippen LogP contribution in [0.25, 0.3) is 0 Å². The number of carbonyl (C=O) groups excluding carboxylic acids is 1. The number of aliphatic carboxylic acids is 1. The molecule has 6 nitrogen and oxygen atoms in total. The minimum absolute atomic E-state index is 0.0543. The van der Waals surface area contributed by atoms with E-state index in [1.54, 1.807) is 4.90 Å². The fraction of sp³-hybridized carbons (Fsp3) is 0.833. The van der Waals surface area contributed by atoms with E-state index in [-0.39, 0.29) is 18.7 Å². The van der Waals surface area contributed by atoms with Crippen LogP contribution in [-0.2, 0) is 9.53 Å². The van der Waals surface area contributed by atoms with Crippen LogP contribution in [-0.4, -0.2) is 53.3 Å². The maximum absolute atomic E-state index is 12.2. The molecule has 0 bridgehead atoms. The van der Waals surface area contributed by atoms with Crippen LogP contribution in [0, 0.1) is 0 Å². The molecule has 6 heteroatoms. The summed E-state index contributed by atoms with van der Waals surface area (Å²) in [6.45, 7) is 3.11. The fourth-order valence-electron chi connectivity index (χ4n) is 2.24. The van der Waals surface area contributed by atoms with E-state index in [2.05, 4.69) is 5.32 Å². The van der Waals surface area contributed by atoms with Crippen molar-refractivity contribution in [3.05, 3.63) is 0 Å². The second-order valence-electron chi connectivity index (χ2n) is 5.04. The van der Waals surface area contributed by atoms with Crippen molar-refractivity contribution in [2.75, 3.05) is 19.8 Å². The number of amides is 2. The molecule has 1 unspecified atom stereocenters. The van der Waals surface area contributed by atoms with Crippen molar-refractivity contribution in [2.24, 2.45) is 0 Å². The molecule has 0 radical (unpaired) electrons. The lowest BCUT2D eigenvalue weighted by molar-refractivity contribution is -0.144. The SMILES string of the molecule is CCCN(C(=O)NC1(C(=O)O)CCOC1)C1CC1. The Morgan fingerprint density at radius 3 is 2.67 bits per heavy atom. The van der Waals surface area contributed by atoms with Gasteiger partial charge in [0.25, 0.3) is 0 Å². The van der Waals surface area contributed by atoms with Gasteiger partial charge >= 0.3 is 12.0 Å². The number of ether oxygens (including phenoxy) is 1. The Morgan fingerprint density at radius 2 is 2.22 bits per heavy atom. The van der Waals surface area contributed by atoms with E-state index in [9.17, 15) is 14.7 Å². The van der Waals surface area contributed by atoms with Crippen LogP contribution in [0.15, 0.2) is 0 Å². The maximum Gasteiger partial charge on any atom is 0.332 e. The van der Waals surface area contributed by atoms with Gasteiger partial charge in [-0.3, -0.25) is 0 Å². The Balaban J connectivity index is 2.01. The molecule has 2 rings (SSSR count). The van der Waals surface area contributed by atoms with E-state index in [0.717, 1.165) is 19.3 Å². The first-order valence-electron chi connectivity index (χ1n) is 6.49. The van der Waals surface area contributed by atoms with E-state index >= 15 is 0 Å². The monoisotopic (exact) mass is 256 g/mol. The predicted molar refractivity (Wildman–Crippen MR) is 64.4 cm³/mol. The van der Waals surface area contributed by atoms with Crippen molar-refractivity contribution in [1.82, 2.24) is 10.2 Å². The van der Waals surface area contributed by atoms with E-state index in [4.69, 9.17) is 4.74 Å². The molecule has 0 spiro atoms. The number of carboxylic acids is 1. The van der Waals surface area contributed by atoms with Crippen molar-refractivity contribution < 1.29 is 19.4 Å². The molecule has 1 aliphatic heterocycles. The zero-order valence-corrected chi connectivity index (χ0v) is 10.6. The highest BCUT2D eigenvalue weighted by Gasteiger charge is 2.45. The van der Waals surface area contributed by atoms with Gasteiger partial charge in [0.15, 0.2) is 5.54 Å². The van der Waals surface area contributed by atoms with Crippen LogP contribution < -0.4 is 5.32 Å². The number of carboxylic acid groups (broad SMARTS) is 1. The first-order valence-corrected chi connectivity index (χ1v) is 6.49. The summed E-state index contributed by atoms with van der Waals surface area (Å²) >= 11 is 0. The van der Waals surface area contributed by atoms with Gasteiger partial charge in [-0.25, -0.2) is 9.59 Å². The molecule has 2 aliphatic rings. The highest BCUT2D eigenvalue weighted by Crippen LogP contribution is 2.28. The number of carbonyl (C=O) groups is 2. The molecular formula is C12H20N2O4. The molecule has 1 saturated carbocycles. The van der Waals surface area contributed by atoms with Crippen LogP contribution in [0.5, 0.6) is 0 Å². The van der Waals surface area contributed by atoms with E-state index < -0.39 is 11.5 Å². The highest BCUT2D eigenvalue weighted by atomic mass is 16.5. The molecule has 0 aromatic heterocycles. The summed E-state index contributed by atoms with van der Waals surface area (Å²) in [6, 6.07) is 0.0189. The highest BCUT2D eigenvalue weighted by molar-refractivity contribution is 5.87. The third-order valence-corrected chi connectivity index (χ3v) is 3.49. The lowest BCUT2D eigenvalue weighted by Crippen LogP contribution is -2.58. The van der Waals surface area contributed by atoms with Crippen LogP contribution in [0.1, 0.15) is 32.6 Å². The Kier molecular flexibility index (Phi) is 3.75. The number of rotatable bonds is 5. The smallest absolute Gasteiger partial charge is 0.332 e. The van der Waals surface area contributed by atoms with Crippen molar-refractivity contribution in [2.45, 2.75) is 44.2 Å². The van der Waals surface area contributed by atoms with E-state index in [1.165, 1.54) is 0 Å². The summed E-state index contributed by atoms with van der Waals surface area (Å²) in [6.07, 6.45) is 3.24. The summed E-state index contributed by atoms with van der Waals surface area (Å²) in [4.78, 5) is 25.2. The number of nitrogens with one attached hydrogen (secondary N) is 1. The Bertz CT molecular complexity index is 335. The molecule has 18 heavy (non-hydrogen) atoms. The van der Waals surface area contributed by atoms with Crippen LogP contribution in [0.4, 0.5) is 4.79 Å². The molecule has 1 heterocycles. The van der Waals surface area contributed by atoms with Gasteiger partial charge in [0.1, 0.15) is 0 Å². The second-order valence-corrected chi connectivity index (χ2v) is 5.04. The minimum atomic E-state index is -1.24. The summed E-state index contributed by atoms with van der Waals surface area (Å²) in [5.74, 6) is -1.01. The van der Waals surface area contributed by atoms with Crippen molar-refractivity contribution in [1.29, 1.82) is 0 Å². The molecule has 0 aromatic carbocycles. The van der Waals surface area contributed by atoms with Gasteiger partial charge in [0.2, 0.25) is 0 Å². The lowest BCUT2D eigenvalue weighted by Gasteiger charge is -2.29. The molecule has 2 N–H and O–H groups in total. The lowest BCUT2D eigenvalue weighted by atomic mass is 9.99. The summed E-state index contributed by atoms with van der Waals surface area (Å²) in [7, 11) is 0. The van der Waals surface area contributed by atoms with Crippen LogP contribution in [0.2, 0.25) is 0 Å². The van der Waals surface area contributed by atoms with Gasteiger partial charge in [-0.05, 0) is 19.3 Å². The number of urea groups is 1. The van der Waals surface area contributed by atoms with Gasteiger partial charge < -0.3 is 20.1 Å². The van der Waals surface area contributed by atoms with Crippen molar-refractivity contribution in [3.8, 4) is 0 Å². The first-order chi connectivity index (χ1) is 8.59. The molecule has 1 atom stereocenters. The number of nitrogens with zero attached hydrogens (tertiary/aromatic N) is 1. The van der Waals surface area contributed by atoms with E-state index in [1.807, 2.05) is 6.92 Å². The topological polar surface area (TPSA) is 78.9 Å². The maximum atomic E-state index is 12.2. The first kappa shape index (κ1) is 13.1. The van der Waals surface area contributed by atoms with Gasteiger partial charge in [-0.15, -0.1) is 0 Å². The van der Waals surface area contributed by atoms with Crippen molar-refractivity contribution in [3.63, 3.8) is 0 Å². The predicted octanol–water partition coefficient (Wildman–Crippen LogP) is 0.814. The van der Waals surface area contributed by atoms with E-state index in [0.29, 0.717) is 19.6 Å². The molecule has 0 aromatic rings. The van der Waals surface area contributed by atoms with Crippen molar-refractivity contribution >= 4 is 12.0 Å². The Hall–Kier alpha value is -1.30. The van der Waals surface area contributed by atoms with Crippen LogP contribution in [0.3, 0.4) is 0 Å². The summed E-state index contributed by atoms with van der Waals surface area (Å²) in [5.41, 5.74) is -1.24. The third-order valence-electron chi connectivity index (χ3n) is 3.49. The Morgan fingerprint density at radius 1 is 1.50 bits per heavy atom. The zero-order chi connectivity index (χ0) is 13.2. The fourth-order valence-corrected chi connectivity index (χ4v) is 2.24. The zero-order valence-electron chi connectivity index (χ0n) is 10.6. The molecule has 1 aliphatic carbocycles. The number of hydrogen-bond acceptors (Lipinski definition) is 3. The normalized spacial score (nSPS) is 26.9. The van der Waals surface area contributed by atoms with Gasteiger partial charge in [0.05, 0.1) is 6.61 Å². The molecule has 102 valence electrons. The second kappa shape index (κ2) is 5.14. The number of hydrogen-bond donors (Lipinski definition) is 2. The average Bonchev–Trinajstić information content (AvgIpc) is 3.05. The van der Waals surface area contributed by atoms with Gasteiger partial charge in [0, 0.05) is 25.6 Å². The summed E-state index contributed by atoms with van der Waals surface area (Å²) < 4.78 is 5.12.